The van der Waals surface area contributed by atoms with Crippen molar-refractivity contribution in [1.29, 1.82) is 0 Å². The SMILES string of the molecule is CN(c1[c]cccc1)C(C)(C)C. The van der Waals surface area contributed by atoms with Crippen LogP contribution in [0.4, 0.5) is 5.69 Å². The van der Waals surface area contributed by atoms with Gasteiger partial charge in [-0.3, -0.25) is 0 Å². The second kappa shape index (κ2) is 3.18. The molecule has 0 aliphatic heterocycles. The second-order valence-corrected chi connectivity index (χ2v) is 3.98. The van der Waals surface area contributed by atoms with Gasteiger partial charge >= 0.3 is 0 Å². The monoisotopic (exact) mass is 162 g/mol. The lowest BCUT2D eigenvalue weighted by Gasteiger charge is -2.33. The quantitative estimate of drug-likeness (QED) is 0.613. The summed E-state index contributed by atoms with van der Waals surface area (Å²) in [6.45, 7) is 6.56. The molecule has 0 N–H and O–H groups in total. The van der Waals surface area contributed by atoms with E-state index in [9.17, 15) is 0 Å². The Hall–Kier alpha value is -0.980. The Morgan fingerprint density at radius 1 is 1.25 bits per heavy atom. The van der Waals surface area contributed by atoms with Gasteiger partial charge < -0.3 is 4.90 Å². The maximum absolute atomic E-state index is 3.20. The molecule has 0 atom stereocenters. The van der Waals surface area contributed by atoms with Gasteiger partial charge in [0.2, 0.25) is 0 Å². The van der Waals surface area contributed by atoms with Gasteiger partial charge in [-0.1, -0.05) is 18.2 Å². The normalized spacial score (nSPS) is 11.3. The van der Waals surface area contributed by atoms with Crippen molar-refractivity contribution in [2.45, 2.75) is 26.3 Å². The summed E-state index contributed by atoms with van der Waals surface area (Å²) in [6, 6.07) is 11.2. The number of para-hydroxylation sites is 1. The summed E-state index contributed by atoms with van der Waals surface area (Å²) in [6.07, 6.45) is 0. The Kier molecular flexibility index (Phi) is 2.41. The third-order valence-corrected chi connectivity index (χ3v) is 2.06. The third kappa shape index (κ3) is 2.00. The summed E-state index contributed by atoms with van der Waals surface area (Å²) >= 11 is 0. The van der Waals surface area contributed by atoms with Gasteiger partial charge in [-0.15, -0.1) is 0 Å². The third-order valence-electron chi connectivity index (χ3n) is 2.06. The smallest absolute Gasteiger partial charge is 0.0448 e. The Morgan fingerprint density at radius 3 is 2.33 bits per heavy atom. The van der Waals surface area contributed by atoms with E-state index < -0.39 is 0 Å². The highest BCUT2D eigenvalue weighted by Gasteiger charge is 2.16. The molecule has 1 aromatic carbocycles. The molecule has 0 amide bonds. The number of nitrogens with zero attached hydrogens (tertiary/aromatic N) is 1. The Morgan fingerprint density at radius 2 is 1.92 bits per heavy atom. The van der Waals surface area contributed by atoms with Crippen LogP contribution in [-0.4, -0.2) is 12.6 Å². The van der Waals surface area contributed by atoms with Crippen molar-refractivity contribution < 1.29 is 0 Å². The van der Waals surface area contributed by atoms with Crippen molar-refractivity contribution in [3.8, 4) is 0 Å². The first kappa shape index (κ1) is 9.11. The molecule has 65 valence electrons. The lowest BCUT2D eigenvalue weighted by atomic mass is 10.1. The summed E-state index contributed by atoms with van der Waals surface area (Å²) in [7, 11) is 2.09. The Bertz CT molecular complexity index is 233. The van der Waals surface area contributed by atoms with Gasteiger partial charge in [0, 0.05) is 24.3 Å². The largest absolute Gasteiger partial charge is 0.369 e. The van der Waals surface area contributed by atoms with Crippen molar-refractivity contribution in [3.63, 3.8) is 0 Å². The fourth-order valence-corrected chi connectivity index (χ4v) is 0.954. The van der Waals surface area contributed by atoms with Crippen LogP contribution in [0.25, 0.3) is 0 Å². The predicted octanol–water partition coefficient (Wildman–Crippen LogP) is 2.72. The molecule has 1 aromatic rings. The van der Waals surface area contributed by atoms with Gasteiger partial charge in [-0.2, -0.15) is 0 Å². The van der Waals surface area contributed by atoms with Gasteiger partial charge in [0.25, 0.3) is 0 Å². The van der Waals surface area contributed by atoms with Crippen molar-refractivity contribution in [2.24, 2.45) is 0 Å². The Balaban J connectivity index is 2.86. The van der Waals surface area contributed by atoms with Crippen LogP contribution >= 0.6 is 0 Å². The van der Waals surface area contributed by atoms with Gasteiger partial charge in [0.1, 0.15) is 0 Å². The minimum absolute atomic E-state index is 0.165. The van der Waals surface area contributed by atoms with E-state index in [2.05, 4.69) is 44.9 Å². The maximum Gasteiger partial charge on any atom is 0.0448 e. The first-order chi connectivity index (χ1) is 5.52. The van der Waals surface area contributed by atoms with Crippen LogP contribution in [0.5, 0.6) is 0 Å². The van der Waals surface area contributed by atoms with E-state index in [-0.39, 0.29) is 5.54 Å². The molecule has 0 heterocycles. The molecule has 0 fully saturated rings. The first-order valence-electron chi connectivity index (χ1n) is 4.22. The van der Waals surface area contributed by atoms with Crippen LogP contribution in [-0.2, 0) is 0 Å². The lowest BCUT2D eigenvalue weighted by molar-refractivity contribution is 0.538. The molecule has 1 rings (SSSR count). The van der Waals surface area contributed by atoms with Gasteiger partial charge in [-0.25, -0.2) is 0 Å². The minimum atomic E-state index is 0.165. The molecule has 0 spiro atoms. The summed E-state index contributed by atoms with van der Waals surface area (Å²) in [4.78, 5) is 2.22. The van der Waals surface area contributed by atoms with Gasteiger partial charge in [0.05, 0.1) is 0 Å². The number of hydrogen-bond donors (Lipinski definition) is 0. The second-order valence-electron chi connectivity index (χ2n) is 3.98. The van der Waals surface area contributed by atoms with Crippen LogP contribution in [0.15, 0.2) is 24.3 Å². The number of rotatable bonds is 1. The average Bonchev–Trinajstić information content (AvgIpc) is 2.03. The zero-order chi connectivity index (χ0) is 9.19. The number of hydrogen-bond acceptors (Lipinski definition) is 1. The van der Waals surface area contributed by atoms with E-state index in [1.807, 2.05) is 18.2 Å². The topological polar surface area (TPSA) is 3.24 Å². The van der Waals surface area contributed by atoms with E-state index in [1.165, 1.54) is 0 Å². The highest BCUT2D eigenvalue weighted by molar-refractivity contribution is 5.46. The van der Waals surface area contributed by atoms with Crippen molar-refractivity contribution in [3.05, 3.63) is 30.3 Å². The summed E-state index contributed by atoms with van der Waals surface area (Å²) in [5.41, 5.74) is 1.31. The fourth-order valence-electron chi connectivity index (χ4n) is 0.954. The van der Waals surface area contributed by atoms with Crippen molar-refractivity contribution in [1.82, 2.24) is 0 Å². The highest BCUT2D eigenvalue weighted by Crippen LogP contribution is 2.19. The predicted molar refractivity (Wildman–Crippen MR) is 53.4 cm³/mol. The molecule has 0 aliphatic carbocycles. The minimum Gasteiger partial charge on any atom is -0.369 e. The maximum atomic E-state index is 3.20. The van der Waals surface area contributed by atoms with Gasteiger partial charge in [-0.05, 0) is 26.8 Å². The summed E-state index contributed by atoms with van der Waals surface area (Å²) < 4.78 is 0. The molecule has 0 aliphatic rings. The molecule has 12 heavy (non-hydrogen) atoms. The molecule has 1 nitrogen and oxygen atoms in total. The lowest BCUT2D eigenvalue weighted by Crippen LogP contribution is -2.37. The standard InChI is InChI=1S/C11H16N/c1-11(2,3)12(4)10-8-6-5-7-9-10/h5-8H,1-4H3. The molecular weight excluding hydrogens is 146 g/mol. The summed E-state index contributed by atoms with van der Waals surface area (Å²) in [5, 5.41) is 0. The molecular formula is C11H16N. The highest BCUT2D eigenvalue weighted by atomic mass is 15.2. The molecule has 0 aromatic heterocycles. The van der Waals surface area contributed by atoms with Crippen LogP contribution < -0.4 is 4.90 Å². The number of benzene rings is 1. The van der Waals surface area contributed by atoms with E-state index in [4.69, 9.17) is 0 Å². The molecule has 0 unspecified atom stereocenters. The van der Waals surface area contributed by atoms with Crippen LogP contribution in [0.2, 0.25) is 0 Å². The fraction of sp³-hybridized carbons (Fsp3) is 0.455. The van der Waals surface area contributed by atoms with Crippen LogP contribution in [0.1, 0.15) is 20.8 Å². The van der Waals surface area contributed by atoms with Gasteiger partial charge in [0.15, 0.2) is 0 Å². The Labute approximate surface area is 75.0 Å². The zero-order valence-corrected chi connectivity index (χ0v) is 8.26. The number of anilines is 1. The molecule has 0 saturated carbocycles. The molecule has 0 saturated heterocycles. The van der Waals surface area contributed by atoms with Crippen molar-refractivity contribution >= 4 is 5.69 Å². The first-order valence-corrected chi connectivity index (χ1v) is 4.22. The summed E-state index contributed by atoms with van der Waals surface area (Å²) in [5.74, 6) is 0. The average molecular weight is 162 g/mol. The van der Waals surface area contributed by atoms with Crippen LogP contribution in [0.3, 0.4) is 0 Å². The molecule has 1 heteroatoms. The van der Waals surface area contributed by atoms with E-state index in [0.29, 0.717) is 0 Å². The van der Waals surface area contributed by atoms with E-state index >= 15 is 0 Å². The van der Waals surface area contributed by atoms with Crippen molar-refractivity contribution in [2.75, 3.05) is 11.9 Å². The zero-order valence-electron chi connectivity index (χ0n) is 8.26. The molecule has 0 bridgehead atoms. The van der Waals surface area contributed by atoms with E-state index in [1.54, 1.807) is 0 Å². The molecule has 1 radical (unpaired) electrons. The van der Waals surface area contributed by atoms with E-state index in [0.717, 1.165) is 5.69 Å². The van der Waals surface area contributed by atoms with Crippen LogP contribution in [0, 0.1) is 6.07 Å².